The third-order valence-electron chi connectivity index (χ3n) is 6.71. The molecule has 1 N–H and O–H groups in total. The zero-order valence-electron chi connectivity index (χ0n) is 26.2. The van der Waals surface area contributed by atoms with Crippen molar-refractivity contribution in [2.45, 2.75) is 175 Å². The molecule has 37 heavy (non-hydrogen) atoms. The summed E-state index contributed by atoms with van der Waals surface area (Å²) in [5.74, 6) is 0. The molecule has 0 aromatic rings. The van der Waals surface area contributed by atoms with Crippen LogP contribution in [0.2, 0.25) is 0 Å². The zero-order chi connectivity index (χ0) is 27.5. The van der Waals surface area contributed by atoms with Crippen LogP contribution in [-0.4, -0.2) is 20.2 Å². The van der Waals surface area contributed by atoms with E-state index in [1.165, 1.54) is 135 Å². The number of rotatable bonds is 27. The van der Waals surface area contributed by atoms with Gasteiger partial charge in [-0.3, -0.25) is 0 Å². The number of hydrogen-bond donors (Lipinski definition) is 1. The first-order valence-corrected chi connectivity index (χ1v) is 16.5. The van der Waals surface area contributed by atoms with Crippen molar-refractivity contribution in [1.82, 2.24) is 5.32 Å². The van der Waals surface area contributed by atoms with Crippen LogP contribution in [0.25, 0.3) is 0 Å². The minimum absolute atomic E-state index is 0.439. The summed E-state index contributed by atoms with van der Waals surface area (Å²) in [4.78, 5) is 0. The molecule has 0 spiro atoms. The molecule has 0 heterocycles. The standard InChI is InChI=1S/C33H62O.C2H7N/c1-4-7-10-12-14-16-17-18-19-20-21-22-23-25-27-29-31-33(34-32-9-6-3)30-28-26-24-15-13-11-8-5-2;1-3-2/h9,14,16,18-19,32-33H,4-8,10-13,15,17,20-31H2,1-3H3;3H,1-2H3/b16-14-,19-18-,32-9+;. The zero-order valence-corrected chi connectivity index (χ0v) is 26.2. The summed E-state index contributed by atoms with van der Waals surface area (Å²) in [6.07, 6.45) is 44.5. The van der Waals surface area contributed by atoms with E-state index in [1.807, 2.05) is 20.4 Å². The van der Waals surface area contributed by atoms with Gasteiger partial charge in [0.2, 0.25) is 0 Å². The number of ether oxygens (including phenoxy) is 1. The highest BCUT2D eigenvalue weighted by Crippen LogP contribution is 2.17. The Morgan fingerprint density at radius 3 is 1.41 bits per heavy atom. The highest BCUT2D eigenvalue weighted by atomic mass is 16.5. The van der Waals surface area contributed by atoms with Gasteiger partial charge >= 0.3 is 0 Å². The molecule has 0 aromatic heterocycles. The molecule has 220 valence electrons. The normalized spacial score (nSPS) is 12.5. The van der Waals surface area contributed by atoms with Crippen molar-refractivity contribution in [3.8, 4) is 0 Å². The molecule has 0 amide bonds. The fourth-order valence-corrected chi connectivity index (χ4v) is 4.41. The van der Waals surface area contributed by atoms with Crippen molar-refractivity contribution in [2.24, 2.45) is 0 Å². The summed E-state index contributed by atoms with van der Waals surface area (Å²) < 4.78 is 6.07. The first kappa shape index (κ1) is 38.1. The van der Waals surface area contributed by atoms with Crippen molar-refractivity contribution < 1.29 is 4.74 Å². The van der Waals surface area contributed by atoms with Crippen LogP contribution in [0.5, 0.6) is 0 Å². The summed E-state index contributed by atoms with van der Waals surface area (Å²) in [6.45, 7) is 6.74. The first-order chi connectivity index (χ1) is 18.3. The maximum Gasteiger partial charge on any atom is 0.0978 e. The third kappa shape index (κ3) is 37.2. The topological polar surface area (TPSA) is 21.3 Å². The minimum atomic E-state index is 0.439. The highest BCUT2D eigenvalue weighted by molar-refractivity contribution is 4.92. The maximum absolute atomic E-state index is 6.07. The molecule has 0 saturated heterocycles. The molecule has 1 atom stereocenters. The lowest BCUT2D eigenvalue weighted by atomic mass is 10.0. The third-order valence-corrected chi connectivity index (χ3v) is 6.71. The lowest BCUT2D eigenvalue weighted by molar-refractivity contribution is 0.120. The largest absolute Gasteiger partial charge is 0.498 e. The van der Waals surface area contributed by atoms with E-state index in [0.29, 0.717) is 6.10 Å². The second-order valence-electron chi connectivity index (χ2n) is 10.7. The second-order valence-corrected chi connectivity index (χ2v) is 10.7. The van der Waals surface area contributed by atoms with E-state index in [1.54, 1.807) is 0 Å². The fourth-order valence-electron chi connectivity index (χ4n) is 4.41. The van der Waals surface area contributed by atoms with Crippen LogP contribution < -0.4 is 5.32 Å². The van der Waals surface area contributed by atoms with Gasteiger partial charge in [-0.25, -0.2) is 0 Å². The predicted octanol–water partition coefficient (Wildman–Crippen LogP) is 11.9. The summed E-state index contributed by atoms with van der Waals surface area (Å²) in [5.41, 5.74) is 0. The number of nitrogens with one attached hydrogen (secondary N) is 1. The van der Waals surface area contributed by atoms with Crippen LogP contribution >= 0.6 is 0 Å². The van der Waals surface area contributed by atoms with Gasteiger partial charge in [-0.05, 0) is 78.3 Å². The molecular formula is C35H69NO. The molecular weight excluding hydrogens is 450 g/mol. The van der Waals surface area contributed by atoms with Crippen LogP contribution in [0.1, 0.15) is 168 Å². The SMILES string of the molecule is CC/C=C/OC(CCCCCCCC/C=C\C/C=C\CCCCC)CCCCCCCCCC.CNC. The number of unbranched alkanes of at least 4 members (excludes halogenated alkanes) is 16. The average molecular weight is 520 g/mol. The Labute approximate surface area is 235 Å². The van der Waals surface area contributed by atoms with Crippen LogP contribution in [-0.2, 0) is 4.74 Å². The van der Waals surface area contributed by atoms with E-state index >= 15 is 0 Å². The molecule has 0 rings (SSSR count). The van der Waals surface area contributed by atoms with Crippen LogP contribution in [0.3, 0.4) is 0 Å². The van der Waals surface area contributed by atoms with E-state index in [0.717, 1.165) is 12.8 Å². The molecule has 0 aromatic carbocycles. The van der Waals surface area contributed by atoms with Crippen molar-refractivity contribution in [3.63, 3.8) is 0 Å². The second kappa shape index (κ2) is 37.1. The summed E-state index contributed by atoms with van der Waals surface area (Å²) in [5, 5.41) is 2.75. The lowest BCUT2D eigenvalue weighted by Crippen LogP contribution is -2.09. The van der Waals surface area contributed by atoms with E-state index in [2.05, 4.69) is 56.5 Å². The van der Waals surface area contributed by atoms with Gasteiger partial charge in [0.25, 0.3) is 0 Å². The van der Waals surface area contributed by atoms with E-state index < -0.39 is 0 Å². The Balaban J connectivity index is 0. The Bertz CT molecular complexity index is 468. The molecule has 2 nitrogen and oxygen atoms in total. The van der Waals surface area contributed by atoms with Gasteiger partial charge in [0.15, 0.2) is 0 Å². The van der Waals surface area contributed by atoms with E-state index in [4.69, 9.17) is 4.74 Å². The summed E-state index contributed by atoms with van der Waals surface area (Å²) in [7, 11) is 3.75. The molecule has 0 fully saturated rings. The van der Waals surface area contributed by atoms with Gasteiger partial charge in [-0.15, -0.1) is 0 Å². The van der Waals surface area contributed by atoms with Crippen molar-refractivity contribution >= 4 is 0 Å². The Kier molecular flexibility index (Phi) is 38.3. The van der Waals surface area contributed by atoms with Gasteiger partial charge in [0.1, 0.15) is 0 Å². The van der Waals surface area contributed by atoms with Gasteiger partial charge in [-0.2, -0.15) is 0 Å². The minimum Gasteiger partial charge on any atom is -0.498 e. The van der Waals surface area contributed by atoms with Gasteiger partial charge in [0.05, 0.1) is 12.4 Å². The lowest BCUT2D eigenvalue weighted by Gasteiger charge is -2.17. The molecule has 0 bridgehead atoms. The maximum atomic E-state index is 6.07. The Morgan fingerprint density at radius 1 is 0.514 bits per heavy atom. The van der Waals surface area contributed by atoms with Crippen LogP contribution in [0, 0.1) is 0 Å². The van der Waals surface area contributed by atoms with Crippen molar-refractivity contribution in [3.05, 3.63) is 36.6 Å². The number of hydrogen-bond acceptors (Lipinski definition) is 2. The molecule has 2 heteroatoms. The van der Waals surface area contributed by atoms with Crippen LogP contribution in [0.15, 0.2) is 36.6 Å². The molecule has 0 aliphatic rings. The summed E-state index contributed by atoms with van der Waals surface area (Å²) >= 11 is 0. The van der Waals surface area contributed by atoms with E-state index in [-0.39, 0.29) is 0 Å². The Hall–Kier alpha value is -1.02. The van der Waals surface area contributed by atoms with Gasteiger partial charge in [0, 0.05) is 0 Å². The molecule has 0 aliphatic carbocycles. The van der Waals surface area contributed by atoms with E-state index in [9.17, 15) is 0 Å². The number of allylic oxidation sites excluding steroid dienone is 5. The van der Waals surface area contributed by atoms with Gasteiger partial charge in [-0.1, -0.05) is 135 Å². The fraction of sp³-hybridized carbons (Fsp3) is 0.829. The van der Waals surface area contributed by atoms with Crippen molar-refractivity contribution in [1.29, 1.82) is 0 Å². The van der Waals surface area contributed by atoms with Gasteiger partial charge < -0.3 is 10.1 Å². The quantitative estimate of drug-likeness (QED) is 0.0661. The van der Waals surface area contributed by atoms with Crippen LogP contribution in [0.4, 0.5) is 0 Å². The highest BCUT2D eigenvalue weighted by Gasteiger charge is 2.08. The monoisotopic (exact) mass is 520 g/mol. The Morgan fingerprint density at radius 2 is 0.919 bits per heavy atom. The average Bonchev–Trinajstić information content (AvgIpc) is 2.90. The summed E-state index contributed by atoms with van der Waals surface area (Å²) in [6, 6.07) is 0. The first-order valence-electron chi connectivity index (χ1n) is 16.5. The molecule has 0 aliphatic heterocycles. The molecule has 1 unspecified atom stereocenters. The predicted molar refractivity (Wildman–Crippen MR) is 170 cm³/mol. The molecule has 0 radical (unpaired) electrons. The van der Waals surface area contributed by atoms with Crippen molar-refractivity contribution in [2.75, 3.05) is 14.1 Å². The smallest absolute Gasteiger partial charge is 0.0978 e. The molecule has 0 saturated carbocycles.